The molecule has 104 valence electrons. The normalized spacial score (nSPS) is 21.3. The first-order chi connectivity index (χ1) is 9.61. The van der Waals surface area contributed by atoms with Gasteiger partial charge in [-0.25, -0.2) is 0 Å². The second-order valence-corrected chi connectivity index (χ2v) is 6.00. The minimum Gasteiger partial charge on any atom is -0.508 e. The maximum atomic E-state index is 9.52. The third-order valence-corrected chi connectivity index (χ3v) is 4.30. The first kappa shape index (κ1) is 13.3. The summed E-state index contributed by atoms with van der Waals surface area (Å²) in [6.45, 7) is 1.91. The fraction of sp³-hybridized carbons (Fsp3) is 0.294. The lowest BCUT2D eigenvalue weighted by Gasteiger charge is -2.37. The molecule has 0 saturated heterocycles. The van der Waals surface area contributed by atoms with E-state index in [9.17, 15) is 5.11 Å². The minimum absolute atomic E-state index is 0.350. The van der Waals surface area contributed by atoms with Gasteiger partial charge >= 0.3 is 0 Å². The van der Waals surface area contributed by atoms with E-state index >= 15 is 0 Å². The van der Waals surface area contributed by atoms with Crippen LogP contribution in [0.1, 0.15) is 29.9 Å². The molecule has 0 unspecified atom stereocenters. The van der Waals surface area contributed by atoms with Crippen LogP contribution in [0.25, 0.3) is 0 Å². The third-order valence-electron chi connectivity index (χ3n) is 4.05. The van der Waals surface area contributed by atoms with E-state index in [1.807, 2.05) is 31.2 Å². The Labute approximate surface area is 124 Å². The monoisotopic (exact) mass is 287 g/mol. The van der Waals surface area contributed by atoms with Crippen LogP contribution in [0.4, 0.5) is 5.69 Å². The van der Waals surface area contributed by atoms with Crippen LogP contribution in [0.5, 0.6) is 5.75 Å². The fourth-order valence-electron chi connectivity index (χ4n) is 2.72. The highest BCUT2D eigenvalue weighted by atomic mass is 35.5. The van der Waals surface area contributed by atoms with Crippen molar-refractivity contribution in [3.63, 3.8) is 0 Å². The number of halogens is 1. The lowest BCUT2D eigenvalue weighted by atomic mass is 9.76. The van der Waals surface area contributed by atoms with Crippen molar-refractivity contribution >= 4 is 17.3 Å². The van der Waals surface area contributed by atoms with E-state index in [2.05, 4.69) is 17.4 Å². The van der Waals surface area contributed by atoms with Gasteiger partial charge in [0.15, 0.2) is 0 Å². The van der Waals surface area contributed by atoms with Gasteiger partial charge in [-0.2, -0.15) is 0 Å². The molecule has 0 spiro atoms. The Morgan fingerprint density at radius 3 is 2.45 bits per heavy atom. The smallest absolute Gasteiger partial charge is 0.118 e. The molecule has 2 aromatic rings. The fourth-order valence-corrected chi connectivity index (χ4v) is 2.85. The van der Waals surface area contributed by atoms with Gasteiger partial charge in [0.2, 0.25) is 0 Å². The SMILES string of the molecule is Cc1cc(NC2CC(c3ccc(Cl)cc3)C2)ccc1O. The third kappa shape index (κ3) is 2.75. The molecule has 2 nitrogen and oxygen atoms in total. The molecule has 1 aliphatic rings. The second-order valence-electron chi connectivity index (χ2n) is 5.56. The van der Waals surface area contributed by atoms with Crippen molar-refractivity contribution in [1.29, 1.82) is 0 Å². The molecule has 0 amide bonds. The average Bonchev–Trinajstić information content (AvgIpc) is 2.39. The Kier molecular flexibility index (Phi) is 3.58. The summed E-state index contributed by atoms with van der Waals surface area (Å²) < 4.78 is 0. The van der Waals surface area contributed by atoms with Crippen molar-refractivity contribution < 1.29 is 5.11 Å². The summed E-state index contributed by atoms with van der Waals surface area (Å²) in [5, 5.41) is 13.8. The zero-order valence-corrected chi connectivity index (χ0v) is 12.2. The van der Waals surface area contributed by atoms with Gasteiger partial charge in [-0.15, -0.1) is 0 Å². The number of rotatable bonds is 3. The molecule has 3 rings (SSSR count). The summed E-state index contributed by atoms with van der Waals surface area (Å²) in [6, 6.07) is 14.3. The first-order valence-electron chi connectivity index (χ1n) is 6.93. The molecule has 1 fully saturated rings. The van der Waals surface area contributed by atoms with Crippen molar-refractivity contribution in [3.05, 3.63) is 58.6 Å². The molecular formula is C17H18ClNO. The highest BCUT2D eigenvalue weighted by Crippen LogP contribution is 2.39. The molecule has 0 heterocycles. The summed E-state index contributed by atoms with van der Waals surface area (Å²) in [4.78, 5) is 0. The van der Waals surface area contributed by atoms with Crippen LogP contribution in [0, 0.1) is 6.92 Å². The molecule has 0 radical (unpaired) electrons. The van der Waals surface area contributed by atoms with Gasteiger partial charge in [-0.3, -0.25) is 0 Å². The summed E-state index contributed by atoms with van der Waals surface area (Å²) >= 11 is 5.91. The topological polar surface area (TPSA) is 32.3 Å². The Balaban J connectivity index is 1.58. The Bertz CT molecular complexity index is 603. The Hall–Kier alpha value is -1.67. The molecule has 2 N–H and O–H groups in total. The lowest BCUT2D eigenvalue weighted by Crippen LogP contribution is -2.33. The lowest BCUT2D eigenvalue weighted by molar-refractivity contribution is 0.374. The largest absolute Gasteiger partial charge is 0.508 e. The Morgan fingerprint density at radius 1 is 1.10 bits per heavy atom. The number of phenolic OH excluding ortho intramolecular Hbond substituents is 1. The number of aryl methyl sites for hydroxylation is 1. The van der Waals surface area contributed by atoms with E-state index < -0.39 is 0 Å². The van der Waals surface area contributed by atoms with E-state index in [-0.39, 0.29) is 0 Å². The number of hydrogen-bond acceptors (Lipinski definition) is 2. The number of anilines is 1. The van der Waals surface area contributed by atoms with E-state index in [4.69, 9.17) is 11.6 Å². The van der Waals surface area contributed by atoms with E-state index in [1.165, 1.54) is 5.56 Å². The van der Waals surface area contributed by atoms with Crippen molar-refractivity contribution in [2.45, 2.75) is 31.7 Å². The summed E-state index contributed by atoms with van der Waals surface area (Å²) in [7, 11) is 0. The van der Waals surface area contributed by atoms with Gasteiger partial charge in [-0.1, -0.05) is 23.7 Å². The van der Waals surface area contributed by atoms with Gasteiger partial charge in [0.25, 0.3) is 0 Å². The highest BCUT2D eigenvalue weighted by Gasteiger charge is 2.30. The molecule has 1 aliphatic carbocycles. The number of phenols is 1. The van der Waals surface area contributed by atoms with Crippen LogP contribution in [-0.2, 0) is 0 Å². The molecule has 0 bridgehead atoms. The Morgan fingerprint density at radius 2 is 1.80 bits per heavy atom. The minimum atomic E-state index is 0.350. The van der Waals surface area contributed by atoms with Gasteiger partial charge in [0.1, 0.15) is 5.75 Å². The van der Waals surface area contributed by atoms with Crippen LogP contribution in [-0.4, -0.2) is 11.1 Å². The zero-order valence-electron chi connectivity index (χ0n) is 11.4. The van der Waals surface area contributed by atoms with Gasteiger partial charge in [-0.05, 0) is 67.1 Å². The molecule has 0 atom stereocenters. The quantitative estimate of drug-likeness (QED) is 0.801. The molecule has 20 heavy (non-hydrogen) atoms. The van der Waals surface area contributed by atoms with E-state index in [0.29, 0.717) is 17.7 Å². The number of aromatic hydroxyl groups is 1. The van der Waals surface area contributed by atoms with Crippen LogP contribution in [0.3, 0.4) is 0 Å². The first-order valence-corrected chi connectivity index (χ1v) is 7.31. The average molecular weight is 288 g/mol. The van der Waals surface area contributed by atoms with Crippen molar-refractivity contribution in [1.82, 2.24) is 0 Å². The maximum Gasteiger partial charge on any atom is 0.118 e. The summed E-state index contributed by atoms with van der Waals surface area (Å²) in [6.07, 6.45) is 2.28. The van der Waals surface area contributed by atoms with E-state index in [1.54, 1.807) is 6.07 Å². The van der Waals surface area contributed by atoms with Gasteiger partial charge in [0.05, 0.1) is 0 Å². The maximum absolute atomic E-state index is 9.52. The van der Waals surface area contributed by atoms with Crippen LogP contribution in [0.2, 0.25) is 5.02 Å². The molecule has 1 saturated carbocycles. The summed E-state index contributed by atoms with van der Waals surface area (Å²) in [5.74, 6) is 0.978. The van der Waals surface area contributed by atoms with Gasteiger partial charge < -0.3 is 10.4 Å². The van der Waals surface area contributed by atoms with Gasteiger partial charge in [0, 0.05) is 16.8 Å². The molecule has 2 aromatic carbocycles. The second kappa shape index (κ2) is 5.37. The van der Waals surface area contributed by atoms with E-state index in [0.717, 1.165) is 29.1 Å². The predicted octanol–water partition coefficient (Wildman–Crippen LogP) is 4.71. The number of benzene rings is 2. The zero-order chi connectivity index (χ0) is 14.1. The number of hydrogen-bond donors (Lipinski definition) is 2. The highest BCUT2D eigenvalue weighted by molar-refractivity contribution is 6.30. The van der Waals surface area contributed by atoms with Crippen molar-refractivity contribution in [3.8, 4) is 5.75 Å². The van der Waals surface area contributed by atoms with Crippen molar-refractivity contribution in [2.75, 3.05) is 5.32 Å². The van der Waals surface area contributed by atoms with Crippen LogP contribution >= 0.6 is 11.6 Å². The molecule has 0 aliphatic heterocycles. The van der Waals surface area contributed by atoms with Crippen LogP contribution in [0.15, 0.2) is 42.5 Å². The molecule has 3 heteroatoms. The predicted molar refractivity (Wildman–Crippen MR) is 83.7 cm³/mol. The number of nitrogens with one attached hydrogen (secondary N) is 1. The van der Waals surface area contributed by atoms with Crippen molar-refractivity contribution in [2.24, 2.45) is 0 Å². The summed E-state index contributed by atoms with van der Waals surface area (Å²) in [5.41, 5.74) is 3.36. The van der Waals surface area contributed by atoms with Crippen LogP contribution < -0.4 is 5.32 Å². The molecular weight excluding hydrogens is 270 g/mol. The molecule has 0 aromatic heterocycles. The standard InChI is InChI=1S/C17H18ClNO/c1-11-8-15(6-7-17(11)20)19-16-9-13(10-16)12-2-4-14(18)5-3-12/h2-8,13,16,19-20H,9-10H2,1H3.